The van der Waals surface area contributed by atoms with Gasteiger partial charge in [-0.2, -0.15) is 0 Å². The number of carbonyl (C=O) groups is 1. The number of amides is 1. The molecule has 0 bridgehead atoms. The average Bonchev–Trinajstić information content (AvgIpc) is 2.48. The van der Waals surface area contributed by atoms with Crippen molar-refractivity contribution in [2.24, 2.45) is 0 Å². The minimum absolute atomic E-state index is 0.238. The second-order valence-electron chi connectivity index (χ2n) is 4.45. The third kappa shape index (κ3) is 3.71. The van der Waals surface area contributed by atoms with Crippen molar-refractivity contribution in [2.45, 2.75) is 0 Å². The summed E-state index contributed by atoms with van der Waals surface area (Å²) in [6.07, 6.45) is 1.47. The third-order valence-corrected chi connectivity index (χ3v) is 2.97. The van der Waals surface area contributed by atoms with E-state index in [1.54, 1.807) is 6.07 Å². The van der Waals surface area contributed by atoms with Gasteiger partial charge in [-0.1, -0.05) is 18.2 Å². The number of pyridine rings is 1. The molecule has 0 aliphatic rings. The van der Waals surface area contributed by atoms with Gasteiger partial charge >= 0.3 is 0 Å². The molecule has 5 nitrogen and oxygen atoms in total. The van der Waals surface area contributed by atoms with E-state index in [2.05, 4.69) is 15.2 Å². The van der Waals surface area contributed by atoms with E-state index < -0.39 is 0 Å². The summed E-state index contributed by atoms with van der Waals surface area (Å²) in [5, 5.41) is 2.79. The highest BCUT2D eigenvalue weighted by molar-refractivity contribution is 5.93. The van der Waals surface area contributed by atoms with Gasteiger partial charge < -0.3 is 15.2 Å². The van der Waals surface area contributed by atoms with Gasteiger partial charge in [0.05, 0.1) is 0 Å². The number of aromatic amines is 1. The van der Waals surface area contributed by atoms with Crippen LogP contribution in [0.4, 0.5) is 5.69 Å². The van der Waals surface area contributed by atoms with Crippen LogP contribution in [0, 0.1) is 0 Å². The number of hydrogen-bond acceptors (Lipinski definition) is 3. The van der Waals surface area contributed by atoms with E-state index in [0.717, 1.165) is 5.69 Å². The summed E-state index contributed by atoms with van der Waals surface area (Å²) < 4.78 is 0. The largest absolute Gasteiger partial charge is 0.373 e. The SMILES string of the molecule is CN(CCNC(=O)c1cc[nH]c(=O)c1)c1ccccc1. The minimum Gasteiger partial charge on any atom is -0.373 e. The highest BCUT2D eigenvalue weighted by Gasteiger charge is 2.06. The Kier molecular flexibility index (Phi) is 4.55. The zero-order valence-electron chi connectivity index (χ0n) is 11.3. The van der Waals surface area contributed by atoms with E-state index in [4.69, 9.17) is 0 Å². The third-order valence-electron chi connectivity index (χ3n) is 2.97. The summed E-state index contributed by atoms with van der Waals surface area (Å²) in [4.78, 5) is 27.5. The van der Waals surface area contributed by atoms with Gasteiger partial charge in [0, 0.05) is 43.7 Å². The molecule has 0 spiro atoms. The van der Waals surface area contributed by atoms with E-state index in [1.165, 1.54) is 12.3 Å². The number of hydrogen-bond donors (Lipinski definition) is 2. The molecule has 1 aromatic heterocycles. The Balaban J connectivity index is 1.84. The van der Waals surface area contributed by atoms with Gasteiger partial charge in [0.2, 0.25) is 5.56 Å². The molecule has 0 unspecified atom stereocenters. The topological polar surface area (TPSA) is 65.2 Å². The molecule has 0 aliphatic carbocycles. The van der Waals surface area contributed by atoms with Gasteiger partial charge in [0.15, 0.2) is 0 Å². The molecular formula is C15H17N3O2. The zero-order valence-corrected chi connectivity index (χ0v) is 11.3. The molecule has 0 saturated carbocycles. The maximum atomic E-state index is 11.8. The highest BCUT2D eigenvalue weighted by atomic mass is 16.2. The van der Waals surface area contributed by atoms with Crippen LogP contribution in [-0.2, 0) is 0 Å². The molecule has 0 fully saturated rings. The van der Waals surface area contributed by atoms with Crippen molar-refractivity contribution in [3.63, 3.8) is 0 Å². The standard InChI is InChI=1S/C15H17N3O2/c1-18(13-5-3-2-4-6-13)10-9-17-15(20)12-7-8-16-14(19)11-12/h2-8,11H,9-10H2,1H3,(H,16,19)(H,17,20). The van der Waals surface area contributed by atoms with Crippen LogP contribution in [0.1, 0.15) is 10.4 Å². The lowest BCUT2D eigenvalue weighted by molar-refractivity contribution is 0.0954. The Labute approximate surface area is 117 Å². The van der Waals surface area contributed by atoms with Crippen LogP contribution in [0.25, 0.3) is 0 Å². The summed E-state index contributed by atoms with van der Waals surface area (Å²) in [6, 6.07) is 12.8. The lowest BCUT2D eigenvalue weighted by atomic mass is 10.2. The summed E-state index contributed by atoms with van der Waals surface area (Å²) in [5.74, 6) is -0.238. The van der Waals surface area contributed by atoms with Gasteiger partial charge in [-0.05, 0) is 18.2 Å². The van der Waals surface area contributed by atoms with Crippen LogP contribution in [0.15, 0.2) is 53.5 Å². The number of carbonyl (C=O) groups excluding carboxylic acids is 1. The fourth-order valence-corrected chi connectivity index (χ4v) is 1.84. The van der Waals surface area contributed by atoms with Crippen molar-refractivity contribution in [2.75, 3.05) is 25.0 Å². The summed E-state index contributed by atoms with van der Waals surface area (Å²) >= 11 is 0. The molecule has 5 heteroatoms. The van der Waals surface area contributed by atoms with Gasteiger partial charge in [-0.15, -0.1) is 0 Å². The van der Waals surface area contributed by atoms with Crippen LogP contribution in [0.3, 0.4) is 0 Å². The number of H-pyrrole nitrogens is 1. The fourth-order valence-electron chi connectivity index (χ4n) is 1.84. The second kappa shape index (κ2) is 6.56. The van der Waals surface area contributed by atoms with Crippen LogP contribution >= 0.6 is 0 Å². The Morgan fingerprint density at radius 3 is 2.70 bits per heavy atom. The molecule has 20 heavy (non-hydrogen) atoms. The maximum Gasteiger partial charge on any atom is 0.251 e. The van der Waals surface area contributed by atoms with Crippen molar-refractivity contribution >= 4 is 11.6 Å². The highest BCUT2D eigenvalue weighted by Crippen LogP contribution is 2.09. The molecule has 1 aromatic carbocycles. The van der Waals surface area contributed by atoms with E-state index in [9.17, 15) is 9.59 Å². The molecule has 0 radical (unpaired) electrons. The van der Waals surface area contributed by atoms with Gasteiger partial charge in [-0.25, -0.2) is 0 Å². The summed E-state index contributed by atoms with van der Waals surface area (Å²) in [5.41, 5.74) is 1.19. The first kappa shape index (κ1) is 13.9. The number of aromatic nitrogens is 1. The number of likely N-dealkylation sites (N-methyl/N-ethyl adjacent to an activating group) is 1. The van der Waals surface area contributed by atoms with Crippen molar-refractivity contribution < 1.29 is 4.79 Å². The molecule has 0 saturated heterocycles. The first-order valence-electron chi connectivity index (χ1n) is 6.40. The second-order valence-corrected chi connectivity index (χ2v) is 4.45. The van der Waals surface area contributed by atoms with E-state index in [0.29, 0.717) is 18.7 Å². The molecule has 0 aliphatic heterocycles. The van der Waals surface area contributed by atoms with Crippen molar-refractivity contribution in [3.8, 4) is 0 Å². The molecular weight excluding hydrogens is 254 g/mol. The molecule has 2 aromatic rings. The van der Waals surface area contributed by atoms with Gasteiger partial charge in [-0.3, -0.25) is 9.59 Å². The predicted molar refractivity (Wildman–Crippen MR) is 79.1 cm³/mol. The van der Waals surface area contributed by atoms with E-state index in [-0.39, 0.29) is 11.5 Å². The lowest BCUT2D eigenvalue weighted by Gasteiger charge is -2.19. The van der Waals surface area contributed by atoms with Crippen molar-refractivity contribution in [1.82, 2.24) is 10.3 Å². The Bertz CT molecular complexity index is 622. The minimum atomic E-state index is -0.279. The molecule has 2 N–H and O–H groups in total. The van der Waals surface area contributed by atoms with E-state index >= 15 is 0 Å². The number of benzene rings is 1. The lowest BCUT2D eigenvalue weighted by Crippen LogP contribution is -2.33. The molecule has 1 amide bonds. The van der Waals surface area contributed by atoms with Gasteiger partial charge in [0.1, 0.15) is 0 Å². The Morgan fingerprint density at radius 2 is 2.00 bits per heavy atom. The van der Waals surface area contributed by atoms with Crippen LogP contribution in [-0.4, -0.2) is 31.0 Å². The smallest absolute Gasteiger partial charge is 0.251 e. The number of rotatable bonds is 5. The number of nitrogens with one attached hydrogen (secondary N) is 2. The van der Waals surface area contributed by atoms with Gasteiger partial charge in [0.25, 0.3) is 5.91 Å². The van der Waals surface area contributed by atoms with Crippen LogP contribution < -0.4 is 15.8 Å². The Morgan fingerprint density at radius 1 is 1.25 bits per heavy atom. The average molecular weight is 271 g/mol. The molecule has 2 rings (SSSR count). The number of nitrogens with zero attached hydrogens (tertiary/aromatic N) is 1. The summed E-state index contributed by atoms with van der Waals surface area (Å²) in [6.45, 7) is 1.20. The molecule has 1 heterocycles. The van der Waals surface area contributed by atoms with Crippen molar-refractivity contribution in [3.05, 3.63) is 64.6 Å². The monoisotopic (exact) mass is 271 g/mol. The van der Waals surface area contributed by atoms with Crippen LogP contribution in [0.5, 0.6) is 0 Å². The van der Waals surface area contributed by atoms with E-state index in [1.807, 2.05) is 37.4 Å². The normalized spacial score (nSPS) is 10.1. The Hall–Kier alpha value is -2.56. The maximum absolute atomic E-state index is 11.8. The van der Waals surface area contributed by atoms with Crippen LogP contribution in [0.2, 0.25) is 0 Å². The summed E-state index contributed by atoms with van der Waals surface area (Å²) in [7, 11) is 1.97. The molecule has 0 atom stereocenters. The number of para-hydroxylation sites is 1. The first-order chi connectivity index (χ1) is 9.66. The number of anilines is 1. The predicted octanol–water partition coefficient (Wildman–Crippen LogP) is 1.24. The fraction of sp³-hybridized carbons (Fsp3) is 0.200. The van der Waals surface area contributed by atoms with Crippen molar-refractivity contribution in [1.29, 1.82) is 0 Å². The zero-order chi connectivity index (χ0) is 14.4. The quantitative estimate of drug-likeness (QED) is 0.860. The first-order valence-corrected chi connectivity index (χ1v) is 6.40. The molecule has 104 valence electrons.